The molecular weight excluding hydrogens is 504 g/mol. The van der Waals surface area contributed by atoms with Gasteiger partial charge >= 0.3 is 5.97 Å². The smallest absolute Gasteiger partial charge is 0.349 e. The number of hydrogen-bond acceptors (Lipinski definition) is 3. The second-order valence-electron chi connectivity index (χ2n) is 5.64. The topological polar surface area (TPSA) is 35.5 Å². The summed E-state index contributed by atoms with van der Waals surface area (Å²) in [7, 11) is 0. The van der Waals surface area contributed by atoms with Gasteiger partial charge in [0.2, 0.25) is 0 Å². The molecule has 0 unspecified atom stereocenters. The van der Waals surface area contributed by atoms with E-state index in [1.807, 2.05) is 31.2 Å². The Morgan fingerprint density at radius 1 is 1.08 bits per heavy atom. The molecule has 24 heavy (non-hydrogen) atoms. The van der Waals surface area contributed by atoms with Crippen molar-refractivity contribution in [3.8, 4) is 11.5 Å². The van der Waals surface area contributed by atoms with Crippen LogP contribution in [0.3, 0.4) is 0 Å². The summed E-state index contributed by atoms with van der Waals surface area (Å²) < 4.78 is 13.4. The Labute approximate surface area is 167 Å². The Hall–Kier alpha value is -0.850. The van der Waals surface area contributed by atoms with Gasteiger partial charge in [0.15, 0.2) is 6.61 Å². The molecule has 6 heteroatoms. The molecular formula is C18H17Br3O3. The zero-order valence-corrected chi connectivity index (χ0v) is 18.3. The first-order valence-electron chi connectivity index (χ1n) is 7.36. The summed E-state index contributed by atoms with van der Waals surface area (Å²) in [4.78, 5) is 12.1. The fourth-order valence-corrected chi connectivity index (χ4v) is 4.14. The molecule has 0 heterocycles. The highest BCUT2D eigenvalue weighted by atomic mass is 79.9. The number of halogens is 3. The number of carbonyl (C=O) groups excluding carboxylic acids is 1. The molecule has 0 amide bonds. The molecule has 0 spiro atoms. The van der Waals surface area contributed by atoms with Crippen molar-refractivity contribution >= 4 is 53.8 Å². The highest BCUT2D eigenvalue weighted by molar-refractivity contribution is 9.11. The quantitative estimate of drug-likeness (QED) is 0.338. The average Bonchev–Trinajstić information content (AvgIpc) is 2.48. The van der Waals surface area contributed by atoms with E-state index in [1.54, 1.807) is 6.07 Å². The van der Waals surface area contributed by atoms with E-state index in [0.29, 0.717) is 17.4 Å². The second kappa shape index (κ2) is 8.50. The fourth-order valence-electron chi connectivity index (χ4n) is 2.11. The maximum absolute atomic E-state index is 12.1. The molecule has 0 aromatic heterocycles. The van der Waals surface area contributed by atoms with Crippen molar-refractivity contribution in [2.75, 3.05) is 6.61 Å². The molecule has 2 rings (SSSR count). The minimum Gasteiger partial charge on any atom is -0.480 e. The van der Waals surface area contributed by atoms with Gasteiger partial charge in [-0.3, -0.25) is 0 Å². The lowest BCUT2D eigenvalue weighted by Crippen LogP contribution is -2.18. The van der Waals surface area contributed by atoms with Crippen LogP contribution in [-0.4, -0.2) is 12.6 Å². The Balaban J connectivity index is 2.02. The number of hydrogen-bond donors (Lipinski definition) is 0. The second-order valence-corrected chi connectivity index (χ2v) is 8.27. The van der Waals surface area contributed by atoms with Crippen molar-refractivity contribution < 1.29 is 14.3 Å². The summed E-state index contributed by atoms with van der Waals surface area (Å²) >= 11 is 10.3. The normalized spacial score (nSPS) is 10.8. The molecule has 2 aromatic carbocycles. The lowest BCUT2D eigenvalue weighted by Gasteiger charge is -2.13. The van der Waals surface area contributed by atoms with Crippen LogP contribution in [0.1, 0.15) is 30.9 Å². The van der Waals surface area contributed by atoms with Crippen LogP contribution in [0.2, 0.25) is 0 Å². The zero-order valence-electron chi connectivity index (χ0n) is 13.5. The summed E-state index contributed by atoms with van der Waals surface area (Å²) in [6, 6.07) is 9.50. The van der Waals surface area contributed by atoms with Crippen LogP contribution in [0.15, 0.2) is 43.7 Å². The highest BCUT2D eigenvalue weighted by Crippen LogP contribution is 2.33. The van der Waals surface area contributed by atoms with Gasteiger partial charge in [-0.05, 0) is 80.1 Å². The van der Waals surface area contributed by atoms with Crippen molar-refractivity contribution in [3.63, 3.8) is 0 Å². The molecule has 128 valence electrons. The molecule has 0 saturated heterocycles. The van der Waals surface area contributed by atoms with E-state index >= 15 is 0 Å². The molecule has 0 aliphatic heterocycles. The maximum atomic E-state index is 12.1. The molecule has 0 bridgehead atoms. The Morgan fingerprint density at radius 3 is 2.38 bits per heavy atom. The van der Waals surface area contributed by atoms with E-state index in [9.17, 15) is 4.79 Å². The number of ether oxygens (including phenoxy) is 2. The number of carbonyl (C=O) groups is 1. The molecule has 0 atom stereocenters. The largest absolute Gasteiger partial charge is 0.480 e. The lowest BCUT2D eigenvalue weighted by atomic mass is 10.0. The average molecular weight is 521 g/mol. The Bertz CT molecular complexity index is 734. The van der Waals surface area contributed by atoms with Crippen LogP contribution in [0, 0.1) is 6.92 Å². The molecule has 0 aliphatic rings. The third kappa shape index (κ3) is 5.07. The molecule has 0 N–H and O–H groups in total. The van der Waals surface area contributed by atoms with E-state index in [1.165, 1.54) is 5.56 Å². The van der Waals surface area contributed by atoms with Gasteiger partial charge in [0.1, 0.15) is 11.5 Å². The molecule has 2 aromatic rings. The SMILES string of the molecule is Cc1cc(Br)cc(Br)c1OCC(=O)Oc1ccc(C(C)C)cc1Br. The van der Waals surface area contributed by atoms with Crippen LogP contribution in [0.4, 0.5) is 0 Å². The van der Waals surface area contributed by atoms with Crippen LogP contribution < -0.4 is 9.47 Å². The van der Waals surface area contributed by atoms with E-state index in [4.69, 9.17) is 9.47 Å². The minimum absolute atomic E-state index is 0.167. The molecule has 0 saturated carbocycles. The molecule has 0 radical (unpaired) electrons. The first-order chi connectivity index (χ1) is 11.3. The van der Waals surface area contributed by atoms with E-state index in [2.05, 4.69) is 61.6 Å². The summed E-state index contributed by atoms with van der Waals surface area (Å²) in [5.41, 5.74) is 2.10. The maximum Gasteiger partial charge on any atom is 0.349 e. The highest BCUT2D eigenvalue weighted by Gasteiger charge is 2.13. The monoisotopic (exact) mass is 518 g/mol. The van der Waals surface area contributed by atoms with Gasteiger partial charge in [-0.2, -0.15) is 0 Å². The van der Waals surface area contributed by atoms with Crippen LogP contribution in [0.5, 0.6) is 11.5 Å². The van der Waals surface area contributed by atoms with E-state index < -0.39 is 5.97 Å². The van der Waals surface area contributed by atoms with Gasteiger partial charge in [-0.25, -0.2) is 4.79 Å². The molecule has 0 fully saturated rings. The zero-order chi connectivity index (χ0) is 17.9. The number of benzene rings is 2. The number of rotatable bonds is 5. The van der Waals surface area contributed by atoms with Crippen LogP contribution in [-0.2, 0) is 4.79 Å². The summed E-state index contributed by atoms with van der Waals surface area (Å²) in [6.07, 6.45) is 0. The Kier molecular flexibility index (Phi) is 6.89. The predicted molar refractivity (Wildman–Crippen MR) is 106 cm³/mol. The van der Waals surface area contributed by atoms with Gasteiger partial charge in [-0.1, -0.05) is 35.8 Å². The molecule has 3 nitrogen and oxygen atoms in total. The van der Waals surface area contributed by atoms with E-state index in [0.717, 1.165) is 19.0 Å². The van der Waals surface area contributed by atoms with Gasteiger partial charge in [0, 0.05) is 4.47 Å². The molecule has 0 aliphatic carbocycles. The van der Waals surface area contributed by atoms with Gasteiger partial charge in [0.25, 0.3) is 0 Å². The summed E-state index contributed by atoms with van der Waals surface area (Å²) in [5, 5.41) is 0. The third-order valence-corrected chi connectivity index (χ3v) is 5.04. The minimum atomic E-state index is -0.456. The van der Waals surface area contributed by atoms with Crippen LogP contribution >= 0.6 is 47.8 Å². The summed E-state index contributed by atoms with van der Waals surface area (Å²) in [6.45, 7) is 5.97. The van der Waals surface area contributed by atoms with Crippen molar-refractivity contribution in [3.05, 3.63) is 54.9 Å². The number of aryl methyl sites for hydroxylation is 1. The third-order valence-electron chi connectivity index (χ3n) is 3.37. The van der Waals surface area contributed by atoms with Crippen molar-refractivity contribution in [1.82, 2.24) is 0 Å². The van der Waals surface area contributed by atoms with Crippen LogP contribution in [0.25, 0.3) is 0 Å². The van der Waals surface area contributed by atoms with E-state index in [-0.39, 0.29) is 6.61 Å². The lowest BCUT2D eigenvalue weighted by molar-refractivity contribution is -0.136. The fraction of sp³-hybridized carbons (Fsp3) is 0.278. The van der Waals surface area contributed by atoms with Crippen molar-refractivity contribution in [1.29, 1.82) is 0 Å². The first-order valence-corrected chi connectivity index (χ1v) is 9.74. The first kappa shape index (κ1) is 19.5. The van der Waals surface area contributed by atoms with Gasteiger partial charge in [-0.15, -0.1) is 0 Å². The van der Waals surface area contributed by atoms with Crippen molar-refractivity contribution in [2.24, 2.45) is 0 Å². The number of esters is 1. The van der Waals surface area contributed by atoms with Crippen molar-refractivity contribution in [2.45, 2.75) is 26.7 Å². The summed E-state index contributed by atoms with van der Waals surface area (Å²) in [5.74, 6) is 1.07. The standard InChI is InChI=1S/C18H17Br3O3/c1-10(2)12-4-5-16(14(20)7-12)24-17(22)9-23-18-11(3)6-13(19)8-15(18)21/h4-8,10H,9H2,1-3H3. The Morgan fingerprint density at radius 2 is 1.79 bits per heavy atom. The predicted octanol–water partition coefficient (Wildman–Crippen LogP) is 6.39. The van der Waals surface area contributed by atoms with Gasteiger partial charge < -0.3 is 9.47 Å². The van der Waals surface area contributed by atoms with Gasteiger partial charge in [0.05, 0.1) is 8.95 Å².